The molecule has 1 aliphatic carbocycles. The molecule has 3 rings (SSSR count). The lowest BCUT2D eigenvalue weighted by molar-refractivity contribution is -0.118. The van der Waals surface area contributed by atoms with Crippen LogP contribution < -0.4 is 5.32 Å². The first-order valence-corrected chi connectivity index (χ1v) is 11.3. The second-order valence-electron chi connectivity index (χ2n) is 6.89. The zero-order valence-electron chi connectivity index (χ0n) is 14.5. The first-order chi connectivity index (χ1) is 12.6. The van der Waals surface area contributed by atoms with Gasteiger partial charge in [0.15, 0.2) is 0 Å². The summed E-state index contributed by atoms with van der Waals surface area (Å²) in [6.07, 6.45) is 1.64. The van der Waals surface area contributed by atoms with E-state index >= 15 is 0 Å². The number of amides is 1. The normalized spacial score (nSPS) is 20.7. The molecule has 1 fully saturated rings. The second kappa shape index (κ2) is 7.50. The summed E-state index contributed by atoms with van der Waals surface area (Å²) in [7, 11) is -3.63. The molecule has 10 heteroatoms. The molecule has 0 bridgehead atoms. The molecular weight excluding hydrogens is 429 g/mol. The quantitative estimate of drug-likeness (QED) is 0.677. The van der Waals surface area contributed by atoms with Crippen LogP contribution in [0.25, 0.3) is 0 Å². The highest BCUT2D eigenvalue weighted by Gasteiger charge is 2.60. The molecular formula is C17H17Cl2N3O3S2. The predicted octanol–water partition coefficient (Wildman–Crippen LogP) is 4.04. The Hall–Kier alpha value is -1.48. The number of aromatic nitrogens is 2. The number of benzene rings is 1. The third-order valence-electron chi connectivity index (χ3n) is 4.60. The molecule has 0 radical (unpaired) electrons. The van der Waals surface area contributed by atoms with Gasteiger partial charge in [0, 0.05) is 0 Å². The van der Waals surface area contributed by atoms with Gasteiger partial charge in [-0.1, -0.05) is 78.7 Å². The summed E-state index contributed by atoms with van der Waals surface area (Å²) in [5, 5.41) is 10.3. The first-order valence-electron chi connectivity index (χ1n) is 8.05. The predicted molar refractivity (Wildman–Crippen MR) is 106 cm³/mol. The highest BCUT2D eigenvalue weighted by Crippen LogP contribution is 2.60. The fourth-order valence-electron chi connectivity index (χ4n) is 3.05. The van der Waals surface area contributed by atoms with Gasteiger partial charge < -0.3 is 5.32 Å². The Balaban J connectivity index is 1.69. The van der Waals surface area contributed by atoms with Crippen molar-refractivity contribution in [3.05, 3.63) is 46.5 Å². The van der Waals surface area contributed by atoms with Gasteiger partial charge in [-0.2, -0.15) is 0 Å². The summed E-state index contributed by atoms with van der Waals surface area (Å²) in [4.78, 5) is 12.5. The van der Waals surface area contributed by atoms with E-state index in [0.29, 0.717) is 5.56 Å². The van der Waals surface area contributed by atoms with Crippen LogP contribution in [0.5, 0.6) is 0 Å². The Kier molecular flexibility index (Phi) is 5.63. The first kappa shape index (κ1) is 20.3. The molecule has 1 amide bonds. The molecule has 1 aromatic heterocycles. The molecule has 144 valence electrons. The summed E-state index contributed by atoms with van der Waals surface area (Å²) in [5.74, 6) is -0.846. The molecule has 1 saturated carbocycles. The van der Waals surface area contributed by atoms with Crippen LogP contribution in [0.2, 0.25) is 0 Å². The van der Waals surface area contributed by atoms with Crippen molar-refractivity contribution in [1.82, 2.24) is 10.2 Å². The van der Waals surface area contributed by atoms with Crippen LogP contribution in [0, 0.1) is 17.3 Å². The lowest BCUT2D eigenvalue weighted by atomic mass is 10.1. The fraction of sp³-hybridized carbons (Fsp3) is 0.353. The van der Waals surface area contributed by atoms with Crippen LogP contribution in [-0.4, -0.2) is 24.5 Å². The molecule has 2 atom stereocenters. The van der Waals surface area contributed by atoms with Gasteiger partial charge in [0.25, 0.3) is 0 Å². The van der Waals surface area contributed by atoms with Gasteiger partial charge in [0.05, 0.1) is 11.7 Å². The van der Waals surface area contributed by atoms with Crippen molar-refractivity contribution < 1.29 is 13.2 Å². The third kappa shape index (κ3) is 4.51. The minimum Gasteiger partial charge on any atom is -0.300 e. The maximum Gasteiger partial charge on any atom is 0.234 e. The molecule has 6 nitrogen and oxygen atoms in total. The van der Waals surface area contributed by atoms with E-state index < -0.39 is 9.84 Å². The number of sulfone groups is 1. The standard InChI is InChI=1S/C17H17Cl2N3O3S2/c1-17(2)11(8-12(18)19)13(17)14(23)20-15-21-22-16(26-15)27(24,25)9-10-6-4-3-5-7-10/h3-8,11,13H,9H2,1-2H3,(H,20,21,23)/t11-,13+/m0/s1. The van der Waals surface area contributed by atoms with Crippen LogP contribution in [0.1, 0.15) is 19.4 Å². The van der Waals surface area contributed by atoms with Gasteiger partial charge in [-0.25, -0.2) is 8.42 Å². The minimum absolute atomic E-state index is 0.0864. The second-order valence-corrected chi connectivity index (χ2v) is 11.0. The van der Waals surface area contributed by atoms with Crippen molar-refractivity contribution in [3.8, 4) is 0 Å². The molecule has 1 heterocycles. The van der Waals surface area contributed by atoms with Crippen molar-refractivity contribution in [3.63, 3.8) is 0 Å². The van der Waals surface area contributed by atoms with Gasteiger partial charge in [-0.3, -0.25) is 4.79 Å². The number of hydrogen-bond acceptors (Lipinski definition) is 6. The zero-order chi connectivity index (χ0) is 19.8. The van der Waals surface area contributed by atoms with E-state index in [4.69, 9.17) is 23.2 Å². The number of nitrogens with zero attached hydrogens (tertiary/aromatic N) is 2. The van der Waals surface area contributed by atoms with Crippen molar-refractivity contribution >= 4 is 55.4 Å². The van der Waals surface area contributed by atoms with Crippen LogP contribution in [0.15, 0.2) is 45.2 Å². The van der Waals surface area contributed by atoms with E-state index in [1.165, 1.54) is 0 Å². The highest BCUT2D eigenvalue weighted by molar-refractivity contribution is 7.92. The van der Waals surface area contributed by atoms with Gasteiger partial charge in [-0.05, 0) is 23.0 Å². The highest BCUT2D eigenvalue weighted by atomic mass is 35.5. The smallest absolute Gasteiger partial charge is 0.234 e. The summed E-state index contributed by atoms with van der Waals surface area (Å²) in [5.41, 5.74) is 0.372. The molecule has 2 aromatic rings. The number of allylic oxidation sites excluding steroid dienone is 1. The maximum atomic E-state index is 12.5. The van der Waals surface area contributed by atoms with E-state index in [9.17, 15) is 13.2 Å². The number of rotatable bonds is 6. The maximum absolute atomic E-state index is 12.5. The van der Waals surface area contributed by atoms with Crippen LogP contribution in [0.4, 0.5) is 5.13 Å². The summed E-state index contributed by atoms with van der Waals surface area (Å²) < 4.78 is 25.0. The Morgan fingerprint density at radius 2 is 1.93 bits per heavy atom. The average Bonchev–Trinajstić information content (AvgIpc) is 2.92. The number of halogens is 2. The zero-order valence-corrected chi connectivity index (χ0v) is 17.7. The van der Waals surface area contributed by atoms with E-state index in [2.05, 4.69) is 15.5 Å². The molecule has 0 unspecified atom stereocenters. The van der Waals surface area contributed by atoms with Crippen molar-refractivity contribution in [2.24, 2.45) is 17.3 Å². The van der Waals surface area contributed by atoms with E-state index in [1.807, 2.05) is 19.9 Å². The molecule has 27 heavy (non-hydrogen) atoms. The number of carbonyl (C=O) groups excluding carboxylic acids is 1. The molecule has 0 aliphatic heterocycles. The van der Waals surface area contributed by atoms with Crippen molar-refractivity contribution in [1.29, 1.82) is 0 Å². The average molecular weight is 446 g/mol. The number of carbonyl (C=O) groups is 1. The molecule has 1 N–H and O–H groups in total. The third-order valence-corrected chi connectivity index (χ3v) is 7.83. The summed E-state index contributed by atoms with van der Waals surface area (Å²) >= 11 is 12.2. The monoisotopic (exact) mass is 445 g/mol. The minimum atomic E-state index is -3.63. The van der Waals surface area contributed by atoms with Crippen LogP contribution >= 0.6 is 34.5 Å². The van der Waals surface area contributed by atoms with E-state index in [0.717, 1.165) is 11.3 Å². The van der Waals surface area contributed by atoms with Crippen molar-refractivity contribution in [2.45, 2.75) is 23.9 Å². The molecule has 1 aliphatic rings. The van der Waals surface area contributed by atoms with Crippen LogP contribution in [0.3, 0.4) is 0 Å². The molecule has 0 saturated heterocycles. The SMILES string of the molecule is CC1(C)[C@@H](C=C(Cl)Cl)[C@@H]1C(=O)Nc1nnc(S(=O)(=O)Cc2ccccc2)s1. The topological polar surface area (TPSA) is 89.0 Å². The van der Waals surface area contributed by atoms with Crippen LogP contribution in [-0.2, 0) is 20.4 Å². The van der Waals surface area contributed by atoms with Gasteiger partial charge in [-0.15, -0.1) is 10.2 Å². The van der Waals surface area contributed by atoms with Crippen molar-refractivity contribution in [2.75, 3.05) is 5.32 Å². The lowest BCUT2D eigenvalue weighted by Crippen LogP contribution is -2.16. The Morgan fingerprint density at radius 3 is 2.56 bits per heavy atom. The van der Waals surface area contributed by atoms with Gasteiger partial charge in [0.1, 0.15) is 4.49 Å². The lowest BCUT2D eigenvalue weighted by Gasteiger charge is -2.02. The van der Waals surface area contributed by atoms with E-state index in [1.54, 1.807) is 30.3 Å². The Bertz CT molecular complexity index is 984. The summed E-state index contributed by atoms with van der Waals surface area (Å²) in [6.45, 7) is 3.87. The Labute approximate surface area is 171 Å². The van der Waals surface area contributed by atoms with Gasteiger partial charge in [0.2, 0.25) is 25.2 Å². The summed E-state index contributed by atoms with van der Waals surface area (Å²) in [6, 6.07) is 8.81. The van der Waals surface area contributed by atoms with Gasteiger partial charge >= 0.3 is 0 Å². The Morgan fingerprint density at radius 1 is 1.26 bits per heavy atom. The van der Waals surface area contributed by atoms with E-state index in [-0.39, 0.29) is 42.9 Å². The number of hydrogen-bond donors (Lipinski definition) is 1. The molecule has 0 spiro atoms. The number of nitrogens with one attached hydrogen (secondary N) is 1. The largest absolute Gasteiger partial charge is 0.300 e. The fourth-order valence-corrected chi connectivity index (χ4v) is 5.64. The number of anilines is 1. The molecule has 1 aromatic carbocycles.